The summed E-state index contributed by atoms with van der Waals surface area (Å²) in [5.74, 6) is -0.689. The van der Waals surface area contributed by atoms with Gasteiger partial charge in [0, 0.05) is 19.4 Å². The summed E-state index contributed by atoms with van der Waals surface area (Å²) in [5, 5.41) is 0. The van der Waals surface area contributed by atoms with Gasteiger partial charge in [-0.2, -0.15) is 4.57 Å². The molecule has 1 aliphatic heterocycles. The average molecular weight is 280 g/mol. The van der Waals surface area contributed by atoms with E-state index >= 15 is 0 Å². The second kappa shape index (κ2) is 6.47. The SMILES string of the molecule is COC(=O)c1ccc[n+](C2CCC(COC(C)=O)O2)c1. The van der Waals surface area contributed by atoms with Gasteiger partial charge in [-0.25, -0.2) is 4.79 Å². The molecule has 2 atom stereocenters. The fourth-order valence-electron chi connectivity index (χ4n) is 2.15. The van der Waals surface area contributed by atoms with Crippen LogP contribution >= 0.6 is 0 Å². The molecular formula is C14H18NO5+. The first-order valence-corrected chi connectivity index (χ1v) is 6.48. The molecule has 1 aromatic rings. The van der Waals surface area contributed by atoms with Crippen LogP contribution in [0.2, 0.25) is 0 Å². The predicted molar refractivity (Wildman–Crippen MR) is 67.8 cm³/mol. The topological polar surface area (TPSA) is 65.7 Å². The molecule has 6 nitrogen and oxygen atoms in total. The molecule has 20 heavy (non-hydrogen) atoms. The van der Waals surface area contributed by atoms with Gasteiger partial charge < -0.3 is 14.2 Å². The van der Waals surface area contributed by atoms with E-state index in [1.54, 1.807) is 18.3 Å². The molecule has 2 heterocycles. The number of carbonyl (C=O) groups excluding carboxylic acids is 2. The maximum atomic E-state index is 11.5. The number of methoxy groups -OCH3 is 1. The number of hydrogen-bond donors (Lipinski definition) is 0. The Balaban J connectivity index is 1.99. The first-order valence-electron chi connectivity index (χ1n) is 6.48. The Bertz CT molecular complexity index is 502. The Hall–Kier alpha value is -1.95. The van der Waals surface area contributed by atoms with E-state index in [0.29, 0.717) is 5.56 Å². The predicted octanol–water partition coefficient (Wildman–Crippen LogP) is 1.00. The van der Waals surface area contributed by atoms with Crippen LogP contribution < -0.4 is 4.57 Å². The largest absolute Gasteiger partial charge is 0.465 e. The van der Waals surface area contributed by atoms with Crippen molar-refractivity contribution in [3.05, 3.63) is 30.1 Å². The maximum absolute atomic E-state index is 11.5. The summed E-state index contributed by atoms with van der Waals surface area (Å²) in [6.07, 6.45) is 4.91. The summed E-state index contributed by atoms with van der Waals surface area (Å²) in [7, 11) is 1.35. The molecule has 0 bridgehead atoms. The van der Waals surface area contributed by atoms with Gasteiger partial charge in [-0.3, -0.25) is 4.79 Å². The molecule has 0 spiro atoms. The molecule has 0 saturated carbocycles. The lowest BCUT2D eigenvalue weighted by atomic mass is 10.2. The lowest BCUT2D eigenvalue weighted by Gasteiger charge is -2.10. The van der Waals surface area contributed by atoms with Gasteiger partial charge in [0.05, 0.1) is 13.2 Å². The van der Waals surface area contributed by atoms with Crippen molar-refractivity contribution < 1.29 is 28.4 Å². The van der Waals surface area contributed by atoms with Gasteiger partial charge in [-0.15, -0.1) is 0 Å². The molecule has 1 fully saturated rings. The average Bonchev–Trinajstić information content (AvgIpc) is 2.93. The number of esters is 2. The quantitative estimate of drug-likeness (QED) is 0.608. The fraction of sp³-hybridized carbons (Fsp3) is 0.500. The van der Waals surface area contributed by atoms with E-state index in [-0.39, 0.29) is 30.9 Å². The molecule has 1 aromatic heterocycles. The van der Waals surface area contributed by atoms with E-state index < -0.39 is 0 Å². The summed E-state index contributed by atoms with van der Waals surface area (Å²) in [6.45, 7) is 1.64. The van der Waals surface area contributed by atoms with Crippen molar-refractivity contribution in [2.45, 2.75) is 32.1 Å². The molecule has 0 aliphatic carbocycles. The lowest BCUT2D eigenvalue weighted by Crippen LogP contribution is -2.40. The third-order valence-corrected chi connectivity index (χ3v) is 3.13. The van der Waals surface area contributed by atoms with Gasteiger partial charge in [0.15, 0.2) is 12.4 Å². The van der Waals surface area contributed by atoms with E-state index in [9.17, 15) is 9.59 Å². The third kappa shape index (κ3) is 3.54. The first kappa shape index (κ1) is 14.5. The van der Waals surface area contributed by atoms with Gasteiger partial charge in [0.1, 0.15) is 12.2 Å². The number of ether oxygens (including phenoxy) is 3. The molecule has 0 radical (unpaired) electrons. The van der Waals surface area contributed by atoms with Crippen LogP contribution in [0.15, 0.2) is 24.5 Å². The number of hydrogen-bond acceptors (Lipinski definition) is 5. The van der Waals surface area contributed by atoms with Crippen LogP contribution in [0.5, 0.6) is 0 Å². The number of aromatic nitrogens is 1. The van der Waals surface area contributed by atoms with E-state index in [1.165, 1.54) is 14.0 Å². The Kier molecular flexibility index (Phi) is 4.68. The minimum absolute atomic E-state index is 0.0989. The Labute approximate surface area is 117 Å². The van der Waals surface area contributed by atoms with Gasteiger partial charge in [-0.05, 0) is 12.5 Å². The summed E-state index contributed by atoms with van der Waals surface area (Å²) in [4.78, 5) is 22.3. The molecule has 108 valence electrons. The Morgan fingerprint density at radius 2 is 2.25 bits per heavy atom. The standard InChI is InChI=1S/C14H18NO5/c1-10(16)19-9-12-5-6-13(20-12)15-7-3-4-11(8-15)14(17)18-2/h3-4,7-8,12-13H,5-6,9H2,1-2H3/q+1. The van der Waals surface area contributed by atoms with Crippen molar-refractivity contribution in [1.29, 1.82) is 0 Å². The van der Waals surface area contributed by atoms with E-state index in [0.717, 1.165) is 12.8 Å². The zero-order valence-corrected chi connectivity index (χ0v) is 11.6. The number of carbonyl (C=O) groups is 2. The second-order valence-corrected chi connectivity index (χ2v) is 4.62. The number of pyridine rings is 1. The summed E-state index contributed by atoms with van der Waals surface area (Å²) >= 11 is 0. The Morgan fingerprint density at radius 3 is 2.95 bits per heavy atom. The summed E-state index contributed by atoms with van der Waals surface area (Å²) in [6, 6.07) is 3.46. The second-order valence-electron chi connectivity index (χ2n) is 4.62. The number of rotatable bonds is 4. The third-order valence-electron chi connectivity index (χ3n) is 3.13. The van der Waals surface area contributed by atoms with Crippen molar-refractivity contribution in [3.63, 3.8) is 0 Å². The number of nitrogens with zero attached hydrogens (tertiary/aromatic N) is 1. The molecule has 6 heteroatoms. The normalized spacial score (nSPS) is 21.5. The summed E-state index contributed by atoms with van der Waals surface area (Å²) < 4.78 is 17.3. The minimum atomic E-state index is -0.381. The highest BCUT2D eigenvalue weighted by molar-refractivity contribution is 5.88. The van der Waals surface area contributed by atoms with Crippen molar-refractivity contribution in [3.8, 4) is 0 Å². The van der Waals surface area contributed by atoms with E-state index in [4.69, 9.17) is 9.47 Å². The highest BCUT2D eigenvalue weighted by Crippen LogP contribution is 2.24. The van der Waals surface area contributed by atoms with Crippen molar-refractivity contribution >= 4 is 11.9 Å². The molecule has 2 unspecified atom stereocenters. The van der Waals surface area contributed by atoms with Crippen LogP contribution in [0.25, 0.3) is 0 Å². The smallest absolute Gasteiger partial charge is 0.343 e. The van der Waals surface area contributed by atoms with Crippen molar-refractivity contribution in [2.75, 3.05) is 13.7 Å². The van der Waals surface area contributed by atoms with E-state index in [2.05, 4.69) is 4.74 Å². The molecule has 0 amide bonds. The fourth-order valence-corrected chi connectivity index (χ4v) is 2.15. The zero-order chi connectivity index (χ0) is 14.5. The van der Waals surface area contributed by atoms with Crippen LogP contribution in [-0.4, -0.2) is 31.8 Å². The van der Waals surface area contributed by atoms with E-state index in [1.807, 2.05) is 10.8 Å². The minimum Gasteiger partial charge on any atom is -0.465 e. The highest BCUT2D eigenvalue weighted by Gasteiger charge is 2.32. The molecule has 1 saturated heterocycles. The Morgan fingerprint density at radius 1 is 1.45 bits per heavy atom. The van der Waals surface area contributed by atoms with Gasteiger partial charge >= 0.3 is 11.9 Å². The summed E-state index contributed by atoms with van der Waals surface area (Å²) in [5.41, 5.74) is 0.474. The van der Waals surface area contributed by atoms with Crippen molar-refractivity contribution in [1.82, 2.24) is 0 Å². The van der Waals surface area contributed by atoms with Crippen LogP contribution in [-0.2, 0) is 19.0 Å². The van der Waals surface area contributed by atoms with Gasteiger partial charge in [0.2, 0.25) is 0 Å². The van der Waals surface area contributed by atoms with Crippen molar-refractivity contribution in [2.24, 2.45) is 0 Å². The molecule has 1 aliphatic rings. The monoisotopic (exact) mass is 280 g/mol. The first-order chi connectivity index (χ1) is 9.60. The lowest BCUT2D eigenvalue weighted by molar-refractivity contribution is -0.759. The highest BCUT2D eigenvalue weighted by atomic mass is 16.6. The van der Waals surface area contributed by atoms with Crippen LogP contribution in [0.3, 0.4) is 0 Å². The van der Waals surface area contributed by atoms with Crippen LogP contribution in [0.4, 0.5) is 0 Å². The molecule has 0 aromatic carbocycles. The van der Waals surface area contributed by atoms with Crippen LogP contribution in [0.1, 0.15) is 36.4 Å². The molecule has 2 rings (SSSR count). The van der Waals surface area contributed by atoms with Gasteiger partial charge in [-0.1, -0.05) is 0 Å². The molecular weight excluding hydrogens is 262 g/mol. The zero-order valence-electron chi connectivity index (χ0n) is 11.6. The van der Waals surface area contributed by atoms with Gasteiger partial charge in [0.25, 0.3) is 6.23 Å². The van der Waals surface area contributed by atoms with Crippen LogP contribution in [0, 0.1) is 0 Å². The maximum Gasteiger partial charge on any atom is 0.343 e. The molecule has 0 N–H and O–H groups in total.